The summed E-state index contributed by atoms with van der Waals surface area (Å²) in [4.78, 5) is 15.4. The number of hydrogen-bond donors (Lipinski definition) is 2. The molecule has 0 saturated carbocycles. The highest BCUT2D eigenvalue weighted by atomic mass is 16.4. The monoisotopic (exact) mass is 324 g/mol. The lowest BCUT2D eigenvalue weighted by Gasteiger charge is -2.28. The van der Waals surface area contributed by atoms with E-state index in [4.69, 9.17) is 10.2 Å². The molecule has 7 nitrogen and oxygen atoms in total. The Morgan fingerprint density at radius 2 is 1.83 bits per heavy atom. The molecule has 0 amide bonds. The Bertz CT molecular complexity index is 826. The molecule has 0 atom stereocenters. The van der Waals surface area contributed by atoms with E-state index in [1.807, 2.05) is 18.2 Å². The topological polar surface area (TPSA) is 93.1 Å². The summed E-state index contributed by atoms with van der Waals surface area (Å²) in [6, 6.07) is 10.3. The molecule has 3 N–H and O–H groups in total. The third kappa shape index (κ3) is 3.03. The number of nitrogens with zero attached hydrogens (tertiary/aromatic N) is 4. The number of aromatic nitrogens is 3. The van der Waals surface area contributed by atoms with E-state index in [2.05, 4.69) is 37.3 Å². The lowest BCUT2D eigenvalue weighted by atomic mass is 10.1. The molecule has 0 spiro atoms. The first-order valence-corrected chi connectivity index (χ1v) is 8.22. The fraction of sp³-hybridized carbons (Fsp3) is 0.353. The zero-order valence-electron chi connectivity index (χ0n) is 13.4. The molecule has 1 aliphatic heterocycles. The Kier molecular flexibility index (Phi) is 4.00. The van der Waals surface area contributed by atoms with Gasteiger partial charge in [0.05, 0.1) is 0 Å². The van der Waals surface area contributed by atoms with Gasteiger partial charge in [0.15, 0.2) is 17.2 Å². The van der Waals surface area contributed by atoms with Crippen molar-refractivity contribution in [3.8, 4) is 0 Å². The number of rotatable bonds is 4. The molecule has 1 aromatic carbocycles. The summed E-state index contributed by atoms with van der Waals surface area (Å²) >= 11 is 0. The van der Waals surface area contributed by atoms with Gasteiger partial charge >= 0.3 is 0 Å². The maximum absolute atomic E-state index is 5.85. The van der Waals surface area contributed by atoms with Crippen LogP contribution in [0.3, 0.4) is 0 Å². The molecule has 2 aromatic heterocycles. The van der Waals surface area contributed by atoms with Gasteiger partial charge in [-0.05, 0) is 12.0 Å². The van der Waals surface area contributed by atoms with Gasteiger partial charge in [0.2, 0.25) is 5.95 Å². The second-order valence-electron chi connectivity index (χ2n) is 5.89. The first-order valence-electron chi connectivity index (χ1n) is 8.22. The van der Waals surface area contributed by atoms with Crippen molar-refractivity contribution in [3.63, 3.8) is 0 Å². The van der Waals surface area contributed by atoms with Gasteiger partial charge in [-0.1, -0.05) is 30.3 Å². The highest BCUT2D eigenvalue weighted by Gasteiger charge is 2.20. The van der Waals surface area contributed by atoms with E-state index in [-0.39, 0.29) is 5.95 Å². The van der Waals surface area contributed by atoms with Crippen molar-refractivity contribution in [3.05, 3.63) is 41.8 Å². The second kappa shape index (κ2) is 6.45. The highest BCUT2D eigenvalue weighted by molar-refractivity contribution is 5.83. The molecule has 4 rings (SSSR count). The first-order chi connectivity index (χ1) is 11.8. The van der Waals surface area contributed by atoms with E-state index in [1.54, 1.807) is 0 Å². The minimum Gasteiger partial charge on any atom is -0.422 e. The number of oxazole rings is 1. The van der Waals surface area contributed by atoms with Crippen LogP contribution in [0.4, 0.5) is 11.8 Å². The number of nitrogens with one attached hydrogen (secondary N) is 1. The Balaban J connectivity index is 1.62. The minimum absolute atomic E-state index is 0.224. The molecule has 1 saturated heterocycles. The van der Waals surface area contributed by atoms with Crippen LogP contribution in [0.15, 0.2) is 34.7 Å². The van der Waals surface area contributed by atoms with Crippen molar-refractivity contribution in [1.29, 1.82) is 0 Å². The molecular weight excluding hydrogens is 304 g/mol. The van der Waals surface area contributed by atoms with Gasteiger partial charge in [-0.15, -0.1) is 0 Å². The van der Waals surface area contributed by atoms with Gasteiger partial charge in [0, 0.05) is 32.6 Å². The molecule has 24 heavy (non-hydrogen) atoms. The Hall–Kier alpha value is -2.67. The summed E-state index contributed by atoms with van der Waals surface area (Å²) in [5.41, 5.74) is 8.28. The van der Waals surface area contributed by atoms with Crippen LogP contribution in [0.25, 0.3) is 11.2 Å². The summed E-state index contributed by atoms with van der Waals surface area (Å²) in [5, 5.41) is 3.33. The Morgan fingerprint density at radius 3 is 2.62 bits per heavy atom. The fourth-order valence-corrected chi connectivity index (χ4v) is 2.97. The standard InChI is InChI=1S/C17H20N6O/c18-17-21-15(23-10-8-19-9-11-23)14-16(22-17)24-13(20-14)7-6-12-4-2-1-3-5-12/h1-5,19H,6-11H2,(H2,18,21,22). The molecule has 0 aliphatic carbocycles. The van der Waals surface area contributed by atoms with Crippen LogP contribution in [0.2, 0.25) is 0 Å². The number of anilines is 2. The predicted octanol–water partition coefficient (Wildman–Crippen LogP) is 1.39. The number of nitrogens with two attached hydrogens (primary N) is 1. The van der Waals surface area contributed by atoms with Gasteiger partial charge in [-0.25, -0.2) is 4.98 Å². The molecule has 124 valence electrons. The van der Waals surface area contributed by atoms with E-state index in [9.17, 15) is 0 Å². The summed E-state index contributed by atoms with van der Waals surface area (Å²) in [6.07, 6.45) is 1.60. The number of benzene rings is 1. The Morgan fingerprint density at radius 1 is 1.04 bits per heavy atom. The lowest BCUT2D eigenvalue weighted by Crippen LogP contribution is -2.44. The SMILES string of the molecule is Nc1nc(N2CCNCC2)c2nc(CCc3ccccc3)oc2n1. The number of fused-ring (bicyclic) bond motifs is 1. The molecule has 0 unspecified atom stereocenters. The zero-order valence-corrected chi connectivity index (χ0v) is 13.4. The van der Waals surface area contributed by atoms with Gasteiger partial charge < -0.3 is 20.4 Å². The van der Waals surface area contributed by atoms with Crippen LogP contribution in [0, 0.1) is 0 Å². The quantitative estimate of drug-likeness (QED) is 0.749. The first kappa shape index (κ1) is 14.9. The maximum Gasteiger partial charge on any atom is 0.254 e. The van der Waals surface area contributed by atoms with Crippen LogP contribution in [-0.2, 0) is 12.8 Å². The van der Waals surface area contributed by atoms with E-state index in [0.717, 1.165) is 44.8 Å². The van der Waals surface area contributed by atoms with Gasteiger partial charge in [-0.3, -0.25) is 0 Å². The maximum atomic E-state index is 5.85. The van der Waals surface area contributed by atoms with Crippen molar-refractivity contribution >= 4 is 23.0 Å². The molecule has 3 aromatic rings. The molecule has 1 aliphatic rings. The van der Waals surface area contributed by atoms with Gasteiger partial charge in [-0.2, -0.15) is 9.97 Å². The molecular formula is C17H20N6O. The van der Waals surface area contributed by atoms with Crippen molar-refractivity contribution in [2.45, 2.75) is 12.8 Å². The van der Waals surface area contributed by atoms with Crippen molar-refractivity contribution in [2.24, 2.45) is 0 Å². The van der Waals surface area contributed by atoms with Crippen LogP contribution >= 0.6 is 0 Å². The van der Waals surface area contributed by atoms with Gasteiger partial charge in [0.1, 0.15) is 0 Å². The average molecular weight is 324 g/mol. The van der Waals surface area contributed by atoms with Crippen molar-refractivity contribution in [1.82, 2.24) is 20.3 Å². The van der Waals surface area contributed by atoms with E-state index in [0.29, 0.717) is 17.1 Å². The van der Waals surface area contributed by atoms with E-state index in [1.165, 1.54) is 5.56 Å². The summed E-state index contributed by atoms with van der Waals surface area (Å²) < 4.78 is 5.82. The molecule has 1 fully saturated rings. The highest BCUT2D eigenvalue weighted by Crippen LogP contribution is 2.25. The smallest absolute Gasteiger partial charge is 0.254 e. The third-order valence-electron chi connectivity index (χ3n) is 4.19. The van der Waals surface area contributed by atoms with Crippen LogP contribution in [0.5, 0.6) is 0 Å². The van der Waals surface area contributed by atoms with E-state index >= 15 is 0 Å². The van der Waals surface area contributed by atoms with Crippen molar-refractivity contribution in [2.75, 3.05) is 36.8 Å². The lowest BCUT2D eigenvalue weighted by molar-refractivity contribution is 0.520. The second-order valence-corrected chi connectivity index (χ2v) is 5.89. The number of piperazine rings is 1. The Labute approximate surface area is 139 Å². The molecule has 3 heterocycles. The molecule has 7 heteroatoms. The number of aryl methyl sites for hydroxylation is 2. The third-order valence-corrected chi connectivity index (χ3v) is 4.19. The van der Waals surface area contributed by atoms with Crippen LogP contribution in [-0.4, -0.2) is 41.1 Å². The van der Waals surface area contributed by atoms with Gasteiger partial charge in [0.25, 0.3) is 5.71 Å². The van der Waals surface area contributed by atoms with Crippen molar-refractivity contribution < 1.29 is 4.42 Å². The normalized spacial score (nSPS) is 15.1. The fourth-order valence-electron chi connectivity index (χ4n) is 2.97. The molecule has 0 bridgehead atoms. The minimum atomic E-state index is 0.224. The van der Waals surface area contributed by atoms with Crippen LogP contribution in [0.1, 0.15) is 11.5 Å². The zero-order chi connectivity index (χ0) is 16.4. The molecule has 0 radical (unpaired) electrons. The summed E-state index contributed by atoms with van der Waals surface area (Å²) in [6.45, 7) is 3.59. The number of nitrogen functional groups attached to an aromatic ring is 1. The summed E-state index contributed by atoms with van der Waals surface area (Å²) in [7, 11) is 0. The summed E-state index contributed by atoms with van der Waals surface area (Å²) in [5.74, 6) is 1.67. The predicted molar refractivity (Wildman–Crippen MR) is 92.9 cm³/mol. The number of hydrogen-bond acceptors (Lipinski definition) is 7. The van der Waals surface area contributed by atoms with Crippen LogP contribution < -0.4 is 16.0 Å². The largest absolute Gasteiger partial charge is 0.422 e. The average Bonchev–Trinajstić information content (AvgIpc) is 3.03. The van der Waals surface area contributed by atoms with E-state index < -0.39 is 0 Å².